The number of aromatic nitrogens is 2. The van der Waals surface area contributed by atoms with Gasteiger partial charge in [0.15, 0.2) is 0 Å². The Hall–Kier alpha value is -2.10. The summed E-state index contributed by atoms with van der Waals surface area (Å²) in [4.78, 5) is 18.6. The first-order chi connectivity index (χ1) is 8.34. The number of carbonyl (C=O) groups excluding carboxylic acids is 1. The van der Waals surface area contributed by atoms with Crippen LogP contribution in [0.2, 0.25) is 0 Å². The first-order valence-corrected chi connectivity index (χ1v) is 5.58. The maximum atomic E-state index is 11.5. The zero-order chi connectivity index (χ0) is 11.9. The quantitative estimate of drug-likeness (QED) is 0.633. The minimum Gasteiger partial charge on any atom is -0.427 e. The monoisotopic (exact) mass is 230 g/mol. The average Bonchev–Trinajstić information content (AvgIpc) is 2.83. The molecule has 0 atom stereocenters. The molecule has 1 aromatic heterocycles. The van der Waals surface area contributed by atoms with Gasteiger partial charge in [-0.2, -0.15) is 0 Å². The predicted octanol–water partition coefficient (Wildman–Crippen LogP) is 2.34. The smallest absolute Gasteiger partial charge is 0.311 e. The molecule has 2 aromatic rings. The van der Waals surface area contributed by atoms with Crippen LogP contribution in [0.15, 0.2) is 42.7 Å². The number of benzene rings is 1. The van der Waals surface area contributed by atoms with Crippen molar-refractivity contribution in [3.63, 3.8) is 0 Å². The van der Waals surface area contributed by atoms with Gasteiger partial charge in [0.1, 0.15) is 11.6 Å². The van der Waals surface area contributed by atoms with Crippen LogP contribution in [0.1, 0.15) is 18.7 Å². The SMILES string of the molecule is O=C(CCCc1ncc[nH]1)Oc1ccccc1. The highest BCUT2D eigenvalue weighted by atomic mass is 16.5. The lowest BCUT2D eigenvalue weighted by molar-refractivity contribution is -0.134. The first-order valence-electron chi connectivity index (χ1n) is 5.58. The number of aryl methyl sites for hydroxylation is 1. The number of hydrogen-bond donors (Lipinski definition) is 1. The van der Waals surface area contributed by atoms with E-state index in [2.05, 4.69) is 9.97 Å². The van der Waals surface area contributed by atoms with Crippen LogP contribution in [-0.2, 0) is 11.2 Å². The van der Waals surface area contributed by atoms with Crippen LogP contribution in [0.4, 0.5) is 0 Å². The van der Waals surface area contributed by atoms with E-state index in [0.29, 0.717) is 12.2 Å². The molecule has 1 aromatic carbocycles. The molecule has 0 radical (unpaired) electrons. The number of esters is 1. The molecule has 0 saturated carbocycles. The van der Waals surface area contributed by atoms with Gasteiger partial charge in [-0.05, 0) is 18.6 Å². The van der Waals surface area contributed by atoms with Crippen LogP contribution in [0, 0.1) is 0 Å². The van der Waals surface area contributed by atoms with Crippen LogP contribution in [0.5, 0.6) is 5.75 Å². The van der Waals surface area contributed by atoms with E-state index < -0.39 is 0 Å². The summed E-state index contributed by atoms with van der Waals surface area (Å²) >= 11 is 0. The van der Waals surface area contributed by atoms with Crippen molar-refractivity contribution in [3.05, 3.63) is 48.5 Å². The highest BCUT2D eigenvalue weighted by Gasteiger charge is 2.05. The highest BCUT2D eigenvalue weighted by molar-refractivity contribution is 5.72. The maximum Gasteiger partial charge on any atom is 0.311 e. The summed E-state index contributed by atoms with van der Waals surface area (Å²) in [7, 11) is 0. The van der Waals surface area contributed by atoms with Crippen molar-refractivity contribution in [2.24, 2.45) is 0 Å². The number of imidazole rings is 1. The number of carbonyl (C=O) groups is 1. The van der Waals surface area contributed by atoms with Crippen molar-refractivity contribution < 1.29 is 9.53 Å². The van der Waals surface area contributed by atoms with Crippen LogP contribution in [0.3, 0.4) is 0 Å². The van der Waals surface area contributed by atoms with Crippen LogP contribution >= 0.6 is 0 Å². The summed E-state index contributed by atoms with van der Waals surface area (Å²) in [6, 6.07) is 9.10. The molecule has 0 aliphatic carbocycles. The van der Waals surface area contributed by atoms with Gasteiger partial charge in [0.2, 0.25) is 0 Å². The molecular formula is C13H14N2O2. The Morgan fingerprint density at radius 2 is 2.12 bits per heavy atom. The van der Waals surface area contributed by atoms with Crippen molar-refractivity contribution in [3.8, 4) is 5.75 Å². The van der Waals surface area contributed by atoms with Gasteiger partial charge < -0.3 is 9.72 Å². The zero-order valence-corrected chi connectivity index (χ0v) is 9.43. The molecule has 1 N–H and O–H groups in total. The molecule has 17 heavy (non-hydrogen) atoms. The van der Waals surface area contributed by atoms with Gasteiger partial charge in [-0.15, -0.1) is 0 Å². The molecule has 88 valence electrons. The summed E-state index contributed by atoms with van der Waals surface area (Å²) in [6.07, 6.45) is 5.38. The predicted molar refractivity (Wildman–Crippen MR) is 63.6 cm³/mol. The molecular weight excluding hydrogens is 216 g/mol. The molecule has 4 nitrogen and oxygen atoms in total. The number of rotatable bonds is 5. The maximum absolute atomic E-state index is 11.5. The summed E-state index contributed by atoms with van der Waals surface area (Å²) in [5, 5.41) is 0. The number of ether oxygens (including phenoxy) is 1. The summed E-state index contributed by atoms with van der Waals surface area (Å²) in [5.41, 5.74) is 0. The van der Waals surface area contributed by atoms with Crippen molar-refractivity contribution in [2.75, 3.05) is 0 Å². The zero-order valence-electron chi connectivity index (χ0n) is 9.43. The lowest BCUT2D eigenvalue weighted by atomic mass is 10.2. The minimum atomic E-state index is -0.206. The molecule has 0 fully saturated rings. The van der Waals surface area contributed by atoms with Crippen LogP contribution in [0.25, 0.3) is 0 Å². The van der Waals surface area contributed by atoms with Crippen molar-refractivity contribution in [1.82, 2.24) is 9.97 Å². The third-order valence-electron chi connectivity index (χ3n) is 2.32. The highest BCUT2D eigenvalue weighted by Crippen LogP contribution is 2.10. The summed E-state index contributed by atoms with van der Waals surface area (Å²) in [5.74, 6) is 1.29. The largest absolute Gasteiger partial charge is 0.427 e. The van der Waals surface area contributed by atoms with Crippen LogP contribution < -0.4 is 4.74 Å². The van der Waals surface area contributed by atoms with E-state index in [-0.39, 0.29) is 5.97 Å². The Balaban J connectivity index is 1.71. The van der Waals surface area contributed by atoms with Gasteiger partial charge >= 0.3 is 5.97 Å². The third-order valence-corrected chi connectivity index (χ3v) is 2.32. The number of aromatic amines is 1. The Bertz CT molecular complexity index is 452. The van der Waals surface area contributed by atoms with Gasteiger partial charge in [-0.25, -0.2) is 4.98 Å². The minimum absolute atomic E-state index is 0.206. The van der Waals surface area contributed by atoms with Crippen LogP contribution in [-0.4, -0.2) is 15.9 Å². The second kappa shape index (κ2) is 5.84. The average molecular weight is 230 g/mol. The summed E-state index contributed by atoms with van der Waals surface area (Å²) < 4.78 is 5.16. The second-order valence-electron chi connectivity index (χ2n) is 3.68. The standard InChI is InChI=1S/C13H14N2O2/c16-13(17-11-5-2-1-3-6-11)8-4-7-12-14-9-10-15-12/h1-3,5-6,9-10H,4,7-8H2,(H,14,15). The van der Waals surface area contributed by atoms with Gasteiger partial charge in [-0.1, -0.05) is 18.2 Å². The van der Waals surface area contributed by atoms with Crippen molar-refractivity contribution in [2.45, 2.75) is 19.3 Å². The Morgan fingerprint density at radius 1 is 1.29 bits per heavy atom. The molecule has 0 saturated heterocycles. The van der Waals surface area contributed by atoms with E-state index in [1.807, 2.05) is 18.2 Å². The Kier molecular flexibility index (Phi) is 3.91. The molecule has 0 bridgehead atoms. The third kappa shape index (κ3) is 3.75. The second-order valence-corrected chi connectivity index (χ2v) is 3.68. The van der Waals surface area contributed by atoms with E-state index in [1.165, 1.54) is 0 Å². The molecule has 2 rings (SSSR count). The van der Waals surface area contributed by atoms with Gasteiger partial charge in [0.25, 0.3) is 0 Å². The first kappa shape index (κ1) is 11.4. The molecule has 0 spiro atoms. The van der Waals surface area contributed by atoms with Crippen molar-refractivity contribution in [1.29, 1.82) is 0 Å². The van der Waals surface area contributed by atoms with E-state index >= 15 is 0 Å². The fraction of sp³-hybridized carbons (Fsp3) is 0.231. The van der Waals surface area contributed by atoms with E-state index in [1.54, 1.807) is 24.5 Å². The van der Waals surface area contributed by atoms with E-state index in [4.69, 9.17) is 4.74 Å². The lowest BCUT2D eigenvalue weighted by Gasteiger charge is -2.03. The van der Waals surface area contributed by atoms with Crippen molar-refractivity contribution >= 4 is 5.97 Å². The lowest BCUT2D eigenvalue weighted by Crippen LogP contribution is -2.08. The van der Waals surface area contributed by atoms with Gasteiger partial charge in [-0.3, -0.25) is 4.79 Å². The molecule has 0 aliphatic heterocycles. The van der Waals surface area contributed by atoms with E-state index in [0.717, 1.165) is 18.7 Å². The molecule has 1 heterocycles. The topological polar surface area (TPSA) is 55.0 Å². The number of nitrogens with zero attached hydrogens (tertiary/aromatic N) is 1. The van der Waals surface area contributed by atoms with Gasteiger partial charge in [0, 0.05) is 25.2 Å². The number of para-hydroxylation sites is 1. The molecule has 0 unspecified atom stereocenters. The summed E-state index contributed by atoms with van der Waals surface area (Å²) in [6.45, 7) is 0. The normalized spacial score (nSPS) is 10.1. The van der Waals surface area contributed by atoms with E-state index in [9.17, 15) is 4.79 Å². The number of nitrogens with one attached hydrogen (secondary N) is 1. The molecule has 4 heteroatoms. The Morgan fingerprint density at radius 3 is 2.82 bits per heavy atom. The fourth-order valence-corrected chi connectivity index (χ4v) is 1.51. The number of H-pyrrole nitrogens is 1. The van der Waals surface area contributed by atoms with Gasteiger partial charge in [0.05, 0.1) is 0 Å². The Labute approximate surface area is 99.7 Å². The molecule has 0 amide bonds. The fourth-order valence-electron chi connectivity index (χ4n) is 1.51. The number of hydrogen-bond acceptors (Lipinski definition) is 3. The molecule has 0 aliphatic rings.